The smallest absolute Gasteiger partial charge is 0.269 e. The Balaban J connectivity index is 2.35. The minimum Gasteiger partial charge on any atom is -0.388 e. The number of benzene rings is 1. The maximum Gasteiger partial charge on any atom is 0.269 e. The van der Waals surface area contributed by atoms with Crippen molar-refractivity contribution >= 4 is 15.8 Å². The molecule has 21 heavy (non-hydrogen) atoms. The molecule has 1 aliphatic heterocycles. The third kappa shape index (κ3) is 3.74. The highest BCUT2D eigenvalue weighted by Crippen LogP contribution is 2.41. The van der Waals surface area contributed by atoms with Crippen LogP contribution in [0.25, 0.3) is 0 Å². The molecule has 0 aromatic heterocycles. The zero-order chi connectivity index (χ0) is 15.7. The molecule has 1 aromatic carbocycles. The van der Waals surface area contributed by atoms with Crippen LogP contribution in [0.3, 0.4) is 0 Å². The highest BCUT2D eigenvalue weighted by Gasteiger charge is 2.44. The number of hydrogen-bond donors (Lipinski definition) is 1. The van der Waals surface area contributed by atoms with Crippen LogP contribution in [-0.4, -0.2) is 40.2 Å². The number of para-hydroxylation sites is 1. The molecule has 0 bridgehead atoms. The minimum atomic E-state index is -3.64. The molecule has 0 radical (unpaired) electrons. The van der Waals surface area contributed by atoms with E-state index in [-0.39, 0.29) is 5.75 Å². The molecule has 1 aromatic rings. The number of hydrogen-bond acceptors (Lipinski definition) is 6. The van der Waals surface area contributed by atoms with E-state index < -0.39 is 28.1 Å². The molecule has 0 spiro atoms. The molecule has 1 N–H and O–H groups in total. The lowest BCUT2D eigenvalue weighted by Crippen LogP contribution is -2.28. The van der Waals surface area contributed by atoms with Crippen molar-refractivity contribution < 1.29 is 22.1 Å². The van der Waals surface area contributed by atoms with Gasteiger partial charge in [0.2, 0.25) is 0 Å². The topological polar surface area (TPSA) is 73.9 Å². The lowest BCUT2D eigenvalue weighted by molar-refractivity contribution is -0.145. The molecular weight excluding hydrogens is 294 g/mol. The summed E-state index contributed by atoms with van der Waals surface area (Å²) < 4.78 is 39.6. The Bertz CT molecular complexity index is 599. The van der Waals surface area contributed by atoms with Crippen LogP contribution in [-0.2, 0) is 23.8 Å². The van der Waals surface area contributed by atoms with Crippen LogP contribution in [0.4, 0.5) is 5.69 Å². The van der Waals surface area contributed by atoms with E-state index in [0.717, 1.165) is 18.4 Å². The summed E-state index contributed by atoms with van der Waals surface area (Å²) in [6, 6.07) is 7.59. The Labute approximate surface area is 125 Å². The molecule has 1 fully saturated rings. The molecule has 7 heteroatoms. The second-order valence-electron chi connectivity index (χ2n) is 5.32. The highest BCUT2D eigenvalue weighted by molar-refractivity contribution is 7.86. The fraction of sp³-hybridized carbons (Fsp3) is 0.571. The fourth-order valence-electron chi connectivity index (χ4n) is 2.46. The predicted molar refractivity (Wildman–Crippen MR) is 79.6 cm³/mol. The van der Waals surface area contributed by atoms with Crippen molar-refractivity contribution in [1.82, 2.24) is 0 Å². The van der Waals surface area contributed by atoms with Crippen LogP contribution in [0.5, 0.6) is 0 Å². The summed E-state index contributed by atoms with van der Waals surface area (Å²) in [4.78, 5) is 0. The van der Waals surface area contributed by atoms with E-state index in [2.05, 4.69) is 9.50 Å². The molecule has 1 heterocycles. The highest BCUT2D eigenvalue weighted by atomic mass is 32.2. The van der Waals surface area contributed by atoms with E-state index in [4.69, 9.17) is 9.47 Å². The molecule has 2 unspecified atom stereocenters. The Kier molecular flexibility index (Phi) is 4.57. The molecule has 2 rings (SSSR count). The van der Waals surface area contributed by atoms with Crippen LogP contribution >= 0.6 is 0 Å². The molecular formula is C14H21NO5S. The van der Waals surface area contributed by atoms with Gasteiger partial charge in [0, 0.05) is 18.3 Å². The summed E-state index contributed by atoms with van der Waals surface area (Å²) in [6.07, 6.45) is -1.10. The number of anilines is 1. The van der Waals surface area contributed by atoms with E-state index >= 15 is 0 Å². The van der Waals surface area contributed by atoms with Gasteiger partial charge in [-0.05, 0) is 19.9 Å². The van der Waals surface area contributed by atoms with E-state index in [1.165, 1.54) is 0 Å². The average Bonchev–Trinajstić information content (AvgIpc) is 2.72. The average molecular weight is 315 g/mol. The van der Waals surface area contributed by atoms with E-state index in [1.54, 1.807) is 20.9 Å². The summed E-state index contributed by atoms with van der Waals surface area (Å²) in [5.41, 5.74) is 1.74. The van der Waals surface area contributed by atoms with E-state index in [9.17, 15) is 8.42 Å². The zero-order valence-electron chi connectivity index (χ0n) is 12.6. The van der Waals surface area contributed by atoms with Gasteiger partial charge in [-0.25, -0.2) is 0 Å². The molecule has 6 nitrogen and oxygen atoms in total. The van der Waals surface area contributed by atoms with Crippen LogP contribution in [0.1, 0.15) is 25.5 Å². The Morgan fingerprint density at radius 2 is 1.95 bits per heavy atom. The van der Waals surface area contributed by atoms with E-state index in [0.29, 0.717) is 0 Å². The first-order valence-corrected chi connectivity index (χ1v) is 8.26. The quantitative estimate of drug-likeness (QED) is 0.837. The maximum absolute atomic E-state index is 11.7. The van der Waals surface area contributed by atoms with Gasteiger partial charge >= 0.3 is 0 Å². The van der Waals surface area contributed by atoms with Gasteiger partial charge in [0.1, 0.15) is 18.0 Å². The molecule has 2 atom stereocenters. The predicted octanol–water partition coefficient (Wildman–Crippen LogP) is 1.90. The number of ether oxygens (including phenoxy) is 2. The third-order valence-corrected chi connectivity index (χ3v) is 4.59. The van der Waals surface area contributed by atoms with Gasteiger partial charge in [0.05, 0.1) is 7.11 Å². The van der Waals surface area contributed by atoms with Gasteiger partial charge in [-0.15, -0.1) is 0 Å². The van der Waals surface area contributed by atoms with Gasteiger partial charge in [-0.2, -0.15) is 8.42 Å². The van der Waals surface area contributed by atoms with Crippen LogP contribution in [0.15, 0.2) is 24.3 Å². The summed E-state index contributed by atoms with van der Waals surface area (Å²) in [7, 11) is -0.687. The monoisotopic (exact) mass is 315 g/mol. The number of rotatable bonds is 5. The van der Waals surface area contributed by atoms with Crippen molar-refractivity contribution in [2.24, 2.45) is 0 Å². The molecule has 1 saturated heterocycles. The summed E-state index contributed by atoms with van der Waals surface area (Å²) in [5.74, 6) is -1.10. The summed E-state index contributed by atoms with van der Waals surface area (Å²) in [5, 5.41) is 3.08. The molecule has 0 saturated carbocycles. The van der Waals surface area contributed by atoms with Crippen molar-refractivity contribution in [3.05, 3.63) is 29.8 Å². The summed E-state index contributed by atoms with van der Waals surface area (Å²) in [6.45, 7) is 3.53. The number of nitrogens with one attached hydrogen (secondary N) is 1. The lowest BCUT2D eigenvalue weighted by atomic mass is 10.0. The molecule has 118 valence electrons. The largest absolute Gasteiger partial charge is 0.388 e. The second-order valence-corrected chi connectivity index (χ2v) is 7.10. The minimum absolute atomic E-state index is 0.254. The summed E-state index contributed by atoms with van der Waals surface area (Å²) >= 11 is 0. The van der Waals surface area contributed by atoms with Gasteiger partial charge in [0.15, 0.2) is 5.79 Å². The van der Waals surface area contributed by atoms with Gasteiger partial charge in [-0.1, -0.05) is 18.2 Å². The van der Waals surface area contributed by atoms with Gasteiger partial charge < -0.3 is 14.8 Å². The first-order valence-electron chi connectivity index (χ1n) is 6.68. The molecule has 0 amide bonds. The Morgan fingerprint density at radius 1 is 1.29 bits per heavy atom. The van der Waals surface area contributed by atoms with Crippen molar-refractivity contribution in [3.8, 4) is 0 Å². The Morgan fingerprint density at radius 3 is 2.57 bits per heavy atom. The fourth-order valence-corrected chi connectivity index (χ4v) is 3.24. The first-order chi connectivity index (χ1) is 9.78. The lowest BCUT2D eigenvalue weighted by Gasteiger charge is -2.19. The third-order valence-electron chi connectivity index (χ3n) is 3.34. The van der Waals surface area contributed by atoms with Crippen molar-refractivity contribution in [3.63, 3.8) is 0 Å². The normalized spacial score (nSPS) is 25.0. The first kappa shape index (κ1) is 16.2. The maximum atomic E-state index is 11.7. The van der Waals surface area contributed by atoms with Crippen LogP contribution < -0.4 is 5.32 Å². The zero-order valence-corrected chi connectivity index (χ0v) is 13.4. The van der Waals surface area contributed by atoms with Crippen molar-refractivity contribution in [1.29, 1.82) is 0 Å². The van der Waals surface area contributed by atoms with Crippen LogP contribution in [0.2, 0.25) is 0 Å². The molecule has 1 aliphatic rings. The van der Waals surface area contributed by atoms with Crippen LogP contribution in [0, 0.1) is 0 Å². The SMILES string of the molecule is CNc1ccccc1C1OC(C)(C)OC1CS(=O)(=O)OC. The molecule has 0 aliphatic carbocycles. The van der Waals surface area contributed by atoms with Gasteiger partial charge in [-0.3, -0.25) is 4.18 Å². The Hall–Kier alpha value is -1.15. The van der Waals surface area contributed by atoms with Crippen molar-refractivity contribution in [2.45, 2.75) is 31.8 Å². The standard InChI is InChI=1S/C14H21NO5S/c1-14(2)19-12(9-21(16,17)18-4)13(20-14)10-7-5-6-8-11(10)15-3/h5-8,12-13,15H,9H2,1-4H3. The van der Waals surface area contributed by atoms with Crippen molar-refractivity contribution in [2.75, 3.05) is 25.2 Å². The van der Waals surface area contributed by atoms with E-state index in [1.807, 2.05) is 24.3 Å². The van der Waals surface area contributed by atoms with Gasteiger partial charge in [0.25, 0.3) is 10.1 Å². The second kappa shape index (κ2) is 5.92.